The maximum absolute atomic E-state index is 6.19. The molecule has 5 nitrogen and oxygen atoms in total. The molecule has 0 N–H and O–H groups in total. The Morgan fingerprint density at radius 1 is 1.38 bits per heavy atom. The number of fused-ring (bicyclic) bond motifs is 1. The summed E-state index contributed by atoms with van der Waals surface area (Å²) in [5.74, 6) is 1.74. The highest BCUT2D eigenvalue weighted by atomic mass is 35.5. The van der Waals surface area contributed by atoms with E-state index < -0.39 is 0 Å². The molecule has 0 radical (unpaired) electrons. The van der Waals surface area contributed by atoms with Crippen LogP contribution in [0.1, 0.15) is 25.3 Å². The Bertz CT molecular complexity index is 517. The first-order valence-corrected chi connectivity index (χ1v) is 5.46. The fourth-order valence-electron chi connectivity index (χ4n) is 1.74. The Kier molecular flexibility index (Phi) is 2.71. The monoisotopic (exact) mass is 239 g/mol. The lowest BCUT2D eigenvalue weighted by Gasteiger charge is -2.20. The fourth-order valence-corrected chi connectivity index (χ4v) is 2.12. The molecule has 16 heavy (non-hydrogen) atoms. The molecule has 0 aliphatic heterocycles. The molecule has 0 aliphatic rings. The first-order valence-electron chi connectivity index (χ1n) is 5.08. The van der Waals surface area contributed by atoms with Crippen molar-refractivity contribution in [3.05, 3.63) is 17.0 Å². The van der Waals surface area contributed by atoms with Crippen LogP contribution in [0.4, 0.5) is 5.82 Å². The van der Waals surface area contributed by atoms with Crippen LogP contribution >= 0.6 is 11.6 Å². The Morgan fingerprint density at radius 3 is 2.62 bits per heavy atom. The van der Waals surface area contributed by atoms with E-state index in [0.29, 0.717) is 10.9 Å². The van der Waals surface area contributed by atoms with Crippen LogP contribution in [0.2, 0.25) is 5.15 Å². The molecule has 0 fully saturated rings. The normalized spacial score (nSPS) is 11.4. The lowest BCUT2D eigenvalue weighted by molar-refractivity contribution is 0.804. The summed E-state index contributed by atoms with van der Waals surface area (Å²) in [7, 11) is 3.91. The van der Waals surface area contributed by atoms with Crippen molar-refractivity contribution >= 4 is 23.2 Å². The van der Waals surface area contributed by atoms with Crippen LogP contribution in [-0.4, -0.2) is 33.7 Å². The van der Waals surface area contributed by atoms with Crippen LogP contribution in [0, 0.1) is 0 Å². The van der Waals surface area contributed by atoms with Gasteiger partial charge in [-0.15, -0.1) is 0 Å². The molecule has 6 heteroatoms. The number of halogens is 1. The predicted octanol–water partition coefficient (Wildman–Crippen LogP) is 1.97. The number of anilines is 1. The van der Waals surface area contributed by atoms with E-state index in [2.05, 4.69) is 28.9 Å². The van der Waals surface area contributed by atoms with Crippen LogP contribution in [-0.2, 0) is 0 Å². The van der Waals surface area contributed by atoms with Gasteiger partial charge in [-0.3, -0.25) is 0 Å². The van der Waals surface area contributed by atoms with Crippen molar-refractivity contribution in [1.82, 2.24) is 19.6 Å². The van der Waals surface area contributed by atoms with E-state index >= 15 is 0 Å². The van der Waals surface area contributed by atoms with Crippen molar-refractivity contribution in [3.63, 3.8) is 0 Å². The quantitative estimate of drug-likeness (QED) is 0.752. The van der Waals surface area contributed by atoms with Gasteiger partial charge >= 0.3 is 0 Å². The maximum atomic E-state index is 6.19. The summed E-state index contributed by atoms with van der Waals surface area (Å²) >= 11 is 6.19. The van der Waals surface area contributed by atoms with Gasteiger partial charge in [0.2, 0.25) is 0 Å². The molecule has 0 atom stereocenters. The van der Waals surface area contributed by atoms with Crippen LogP contribution in [0.25, 0.3) is 5.78 Å². The third-order valence-electron chi connectivity index (χ3n) is 2.39. The summed E-state index contributed by atoms with van der Waals surface area (Å²) < 4.78 is 1.71. The smallest absolute Gasteiger partial charge is 0.255 e. The van der Waals surface area contributed by atoms with E-state index in [9.17, 15) is 0 Å². The second-order valence-electron chi connectivity index (χ2n) is 4.16. The second-order valence-corrected chi connectivity index (χ2v) is 4.52. The second kappa shape index (κ2) is 3.90. The number of hydrogen-bond acceptors (Lipinski definition) is 4. The van der Waals surface area contributed by atoms with E-state index in [1.165, 1.54) is 6.33 Å². The first-order chi connectivity index (χ1) is 7.52. The Balaban J connectivity index is 2.85. The molecular weight excluding hydrogens is 226 g/mol. The topological polar surface area (TPSA) is 46.3 Å². The van der Waals surface area contributed by atoms with Crippen LogP contribution < -0.4 is 4.90 Å². The SMILES string of the molecule is CC(C)c1c(Cl)nc2ncnn2c1N(C)C. The van der Waals surface area contributed by atoms with Crippen molar-refractivity contribution in [2.75, 3.05) is 19.0 Å². The third kappa shape index (κ3) is 1.61. The Hall–Kier alpha value is -1.36. The Labute approximate surface area is 99.1 Å². The summed E-state index contributed by atoms with van der Waals surface area (Å²) in [6, 6.07) is 0. The summed E-state index contributed by atoms with van der Waals surface area (Å²) in [5.41, 5.74) is 0.990. The minimum Gasteiger partial charge on any atom is -0.362 e. The highest BCUT2D eigenvalue weighted by Gasteiger charge is 2.19. The highest BCUT2D eigenvalue weighted by molar-refractivity contribution is 6.30. The zero-order valence-electron chi connectivity index (χ0n) is 9.77. The molecule has 86 valence electrons. The largest absolute Gasteiger partial charge is 0.362 e. The van der Waals surface area contributed by atoms with Crippen molar-refractivity contribution < 1.29 is 0 Å². The van der Waals surface area contributed by atoms with Crippen LogP contribution in [0.5, 0.6) is 0 Å². The maximum Gasteiger partial charge on any atom is 0.255 e. The average molecular weight is 240 g/mol. The van der Waals surface area contributed by atoms with Gasteiger partial charge < -0.3 is 4.90 Å². The van der Waals surface area contributed by atoms with Gasteiger partial charge in [-0.25, -0.2) is 0 Å². The molecule has 0 saturated carbocycles. The van der Waals surface area contributed by atoms with Gasteiger partial charge in [0.15, 0.2) is 0 Å². The zero-order valence-corrected chi connectivity index (χ0v) is 10.5. The van der Waals surface area contributed by atoms with Crippen molar-refractivity contribution in [2.24, 2.45) is 0 Å². The van der Waals surface area contributed by atoms with Gasteiger partial charge in [0, 0.05) is 19.7 Å². The third-order valence-corrected chi connectivity index (χ3v) is 2.68. The minimum atomic E-state index is 0.283. The molecule has 0 saturated heterocycles. The standard InChI is InChI=1S/C10H14ClN5/c1-6(2)7-8(11)14-10-12-5-13-16(10)9(7)15(3)4/h5-6H,1-4H3. The van der Waals surface area contributed by atoms with Crippen LogP contribution in [0.3, 0.4) is 0 Å². The van der Waals surface area contributed by atoms with Gasteiger partial charge in [-0.05, 0) is 5.92 Å². The number of rotatable bonds is 2. The van der Waals surface area contributed by atoms with Crippen molar-refractivity contribution in [3.8, 4) is 0 Å². The van der Waals surface area contributed by atoms with Gasteiger partial charge in [-0.2, -0.15) is 19.6 Å². The summed E-state index contributed by atoms with van der Waals surface area (Å²) in [6.45, 7) is 4.16. The molecule has 2 aromatic rings. The van der Waals surface area contributed by atoms with Gasteiger partial charge in [0.1, 0.15) is 17.3 Å². The molecule has 0 bridgehead atoms. The van der Waals surface area contributed by atoms with Gasteiger partial charge in [0.05, 0.1) is 0 Å². The van der Waals surface area contributed by atoms with Gasteiger partial charge in [0.25, 0.3) is 5.78 Å². The molecule has 0 aromatic carbocycles. The molecular formula is C10H14ClN5. The minimum absolute atomic E-state index is 0.283. The number of aromatic nitrogens is 4. The van der Waals surface area contributed by atoms with E-state index in [4.69, 9.17) is 11.6 Å². The summed E-state index contributed by atoms with van der Waals surface area (Å²) in [5, 5.41) is 4.67. The molecule has 0 amide bonds. The van der Waals surface area contributed by atoms with E-state index in [-0.39, 0.29) is 5.92 Å². The predicted molar refractivity (Wildman–Crippen MR) is 64.2 cm³/mol. The zero-order chi connectivity index (χ0) is 11.9. The lowest BCUT2D eigenvalue weighted by Crippen LogP contribution is -2.18. The number of nitrogens with zero attached hydrogens (tertiary/aromatic N) is 5. The lowest BCUT2D eigenvalue weighted by atomic mass is 10.1. The average Bonchev–Trinajstić information content (AvgIpc) is 2.61. The molecule has 2 rings (SSSR count). The molecule has 0 spiro atoms. The van der Waals surface area contributed by atoms with E-state index in [1.807, 2.05) is 19.0 Å². The number of hydrogen-bond donors (Lipinski definition) is 0. The fraction of sp³-hybridized carbons (Fsp3) is 0.500. The van der Waals surface area contributed by atoms with E-state index in [1.54, 1.807) is 4.52 Å². The van der Waals surface area contributed by atoms with Crippen molar-refractivity contribution in [1.29, 1.82) is 0 Å². The first kappa shape index (κ1) is 11.1. The van der Waals surface area contributed by atoms with Gasteiger partial charge in [-0.1, -0.05) is 25.4 Å². The Morgan fingerprint density at radius 2 is 2.06 bits per heavy atom. The summed E-state index contributed by atoms with van der Waals surface area (Å²) in [4.78, 5) is 10.3. The highest BCUT2D eigenvalue weighted by Crippen LogP contribution is 2.31. The van der Waals surface area contributed by atoms with Crippen LogP contribution in [0.15, 0.2) is 6.33 Å². The van der Waals surface area contributed by atoms with E-state index in [0.717, 1.165) is 11.4 Å². The molecule has 2 aromatic heterocycles. The molecule has 0 aliphatic carbocycles. The van der Waals surface area contributed by atoms with Crippen molar-refractivity contribution in [2.45, 2.75) is 19.8 Å². The summed E-state index contributed by atoms with van der Waals surface area (Å²) in [6.07, 6.45) is 1.48. The molecule has 0 unspecified atom stereocenters. The molecule has 2 heterocycles.